The van der Waals surface area contributed by atoms with Gasteiger partial charge in [0.15, 0.2) is 0 Å². The van der Waals surface area contributed by atoms with Crippen molar-refractivity contribution < 1.29 is 13.2 Å². The molecule has 11 heteroatoms. The zero-order valence-corrected chi connectivity index (χ0v) is 23.7. The molecule has 9 nitrogen and oxygen atoms in total. The van der Waals surface area contributed by atoms with E-state index in [4.69, 9.17) is 0 Å². The average molecular weight is 607 g/mol. The van der Waals surface area contributed by atoms with Crippen LogP contribution in [0.2, 0.25) is 0 Å². The first kappa shape index (κ1) is 26.5. The van der Waals surface area contributed by atoms with E-state index in [0.717, 1.165) is 15.2 Å². The molecule has 0 fully saturated rings. The van der Waals surface area contributed by atoms with E-state index in [1.807, 2.05) is 19.9 Å². The minimum Gasteiger partial charge on any atom is -0.355 e. The number of carbonyl (C=O) groups is 1. The molecule has 0 aliphatic carbocycles. The minimum atomic E-state index is -3.91. The quantitative estimate of drug-likeness (QED) is 0.304. The van der Waals surface area contributed by atoms with Gasteiger partial charge >= 0.3 is 0 Å². The summed E-state index contributed by atoms with van der Waals surface area (Å²) in [5.74, 6) is -0.207. The Hall–Kier alpha value is -4.09. The first-order valence-corrected chi connectivity index (χ1v) is 14.2. The van der Waals surface area contributed by atoms with Crippen molar-refractivity contribution in [3.8, 4) is 11.1 Å². The second kappa shape index (κ2) is 10.2. The van der Waals surface area contributed by atoms with Crippen molar-refractivity contribution in [2.24, 2.45) is 0 Å². The summed E-state index contributed by atoms with van der Waals surface area (Å²) >= 11 is 3.40. The number of halogens is 1. The fourth-order valence-corrected chi connectivity index (χ4v) is 6.47. The van der Waals surface area contributed by atoms with Crippen LogP contribution in [-0.2, 0) is 10.0 Å². The average Bonchev–Trinajstić information content (AvgIpc) is 3.34. The molecular weight excluding hydrogens is 582 g/mol. The van der Waals surface area contributed by atoms with E-state index in [-0.39, 0.29) is 27.0 Å². The van der Waals surface area contributed by atoms with Gasteiger partial charge in [-0.1, -0.05) is 35.9 Å². The van der Waals surface area contributed by atoms with Crippen molar-refractivity contribution in [2.45, 2.75) is 24.8 Å². The van der Waals surface area contributed by atoms with Gasteiger partial charge in [0.25, 0.3) is 21.5 Å². The highest BCUT2D eigenvalue weighted by Gasteiger charge is 2.23. The molecule has 0 spiro atoms. The third-order valence-corrected chi connectivity index (χ3v) is 9.20. The number of aryl methyl sites for hydroxylation is 1. The minimum absolute atomic E-state index is 0.124. The van der Waals surface area contributed by atoms with Crippen molar-refractivity contribution in [3.05, 3.63) is 111 Å². The Kier molecular flexibility index (Phi) is 6.96. The van der Waals surface area contributed by atoms with Crippen molar-refractivity contribution in [2.75, 3.05) is 7.05 Å². The Balaban J connectivity index is 1.50. The summed E-state index contributed by atoms with van der Waals surface area (Å²) in [7, 11) is -2.34. The lowest BCUT2D eigenvalue weighted by Gasteiger charge is -2.16. The summed E-state index contributed by atoms with van der Waals surface area (Å²) in [4.78, 5) is 30.1. The maximum atomic E-state index is 13.4. The highest BCUT2D eigenvalue weighted by molar-refractivity contribution is 9.10. The molecule has 0 aliphatic rings. The molecule has 1 amide bonds. The number of rotatable bonds is 6. The van der Waals surface area contributed by atoms with Crippen molar-refractivity contribution in [1.82, 2.24) is 24.1 Å². The second-order valence-corrected chi connectivity index (χ2v) is 11.6. The smallest absolute Gasteiger partial charge is 0.284 e. The van der Waals surface area contributed by atoms with Gasteiger partial charge in [0.05, 0.1) is 34.4 Å². The lowest BCUT2D eigenvalue weighted by Crippen LogP contribution is -2.25. The van der Waals surface area contributed by atoms with Crippen molar-refractivity contribution >= 4 is 42.8 Å². The van der Waals surface area contributed by atoms with Crippen LogP contribution in [0, 0.1) is 6.92 Å². The molecule has 0 bridgehead atoms. The Morgan fingerprint density at radius 1 is 1.05 bits per heavy atom. The van der Waals surface area contributed by atoms with Gasteiger partial charge in [-0.3, -0.25) is 14.2 Å². The monoisotopic (exact) mass is 605 g/mol. The van der Waals surface area contributed by atoms with E-state index in [0.29, 0.717) is 27.6 Å². The molecule has 2 aromatic heterocycles. The molecule has 3 aromatic carbocycles. The molecule has 5 aromatic rings. The number of carbonyl (C=O) groups excluding carboxylic acids is 1. The molecule has 1 unspecified atom stereocenters. The van der Waals surface area contributed by atoms with Crippen LogP contribution < -0.4 is 10.9 Å². The number of benzene rings is 3. The lowest BCUT2D eigenvalue weighted by molar-refractivity contribution is 0.0963. The van der Waals surface area contributed by atoms with E-state index in [1.165, 1.54) is 17.1 Å². The molecule has 0 aliphatic heterocycles. The van der Waals surface area contributed by atoms with Crippen LogP contribution in [0.5, 0.6) is 0 Å². The highest BCUT2D eigenvalue weighted by atomic mass is 79.9. The zero-order chi connectivity index (χ0) is 27.9. The summed E-state index contributed by atoms with van der Waals surface area (Å²) in [6.07, 6.45) is 2.94. The normalized spacial score (nSPS) is 12.4. The van der Waals surface area contributed by atoms with Crippen LogP contribution >= 0.6 is 15.9 Å². The Morgan fingerprint density at radius 3 is 2.51 bits per heavy atom. The van der Waals surface area contributed by atoms with Gasteiger partial charge in [-0.2, -0.15) is 13.5 Å². The molecule has 0 radical (unpaired) electrons. The molecule has 198 valence electrons. The number of hydrogen-bond acceptors (Lipinski definition) is 6. The predicted molar refractivity (Wildman–Crippen MR) is 152 cm³/mol. The lowest BCUT2D eigenvalue weighted by atomic mass is 10.0. The van der Waals surface area contributed by atoms with E-state index < -0.39 is 10.0 Å². The van der Waals surface area contributed by atoms with Gasteiger partial charge in [-0.25, -0.2) is 4.98 Å². The summed E-state index contributed by atoms with van der Waals surface area (Å²) in [5.41, 5.74) is 3.66. The fraction of sp³-hybridized carbons (Fsp3) is 0.143. The number of nitrogens with zero attached hydrogens (tertiary/aromatic N) is 4. The number of amides is 1. The van der Waals surface area contributed by atoms with E-state index in [1.54, 1.807) is 67.7 Å². The molecule has 5 rings (SSSR count). The van der Waals surface area contributed by atoms with Gasteiger partial charge in [0.1, 0.15) is 4.60 Å². The van der Waals surface area contributed by atoms with Crippen LogP contribution in [0.15, 0.2) is 93.5 Å². The largest absolute Gasteiger partial charge is 0.355 e. The van der Waals surface area contributed by atoms with E-state index in [2.05, 4.69) is 31.3 Å². The number of hydrogen-bond donors (Lipinski definition) is 1. The Morgan fingerprint density at radius 2 is 1.79 bits per heavy atom. The van der Waals surface area contributed by atoms with Crippen LogP contribution in [0.1, 0.15) is 34.5 Å². The molecule has 0 saturated heterocycles. The molecule has 0 saturated carbocycles. The van der Waals surface area contributed by atoms with Crippen LogP contribution in [-0.4, -0.2) is 40.1 Å². The van der Waals surface area contributed by atoms with Crippen LogP contribution in [0.25, 0.3) is 22.0 Å². The van der Waals surface area contributed by atoms with Gasteiger partial charge in [0, 0.05) is 18.2 Å². The van der Waals surface area contributed by atoms with Crippen molar-refractivity contribution in [1.29, 1.82) is 0 Å². The van der Waals surface area contributed by atoms with Gasteiger partial charge in [-0.15, -0.1) is 4.09 Å². The van der Waals surface area contributed by atoms with Crippen molar-refractivity contribution in [3.63, 3.8) is 0 Å². The molecule has 1 atom stereocenters. The third kappa shape index (κ3) is 4.79. The number of aromatic nitrogens is 4. The van der Waals surface area contributed by atoms with E-state index in [9.17, 15) is 18.0 Å². The van der Waals surface area contributed by atoms with Gasteiger partial charge in [-0.05, 0) is 77.3 Å². The molecule has 1 N–H and O–H groups in total. The summed E-state index contributed by atoms with van der Waals surface area (Å²) in [6, 6.07) is 18.4. The maximum Gasteiger partial charge on any atom is 0.284 e. The number of nitrogens with one attached hydrogen (secondary N) is 1. The first-order chi connectivity index (χ1) is 18.6. The van der Waals surface area contributed by atoms with Gasteiger partial charge in [0.2, 0.25) is 0 Å². The molecular formula is C28H24BrN5O4S. The molecule has 2 heterocycles. The summed E-state index contributed by atoms with van der Waals surface area (Å²) in [5, 5.41) is 7.14. The summed E-state index contributed by atoms with van der Waals surface area (Å²) < 4.78 is 29.0. The predicted octanol–water partition coefficient (Wildman–Crippen LogP) is 4.54. The fourth-order valence-electron chi connectivity index (χ4n) is 4.31. The first-order valence-electron chi connectivity index (χ1n) is 12.0. The maximum absolute atomic E-state index is 13.4. The number of fused-ring (bicyclic) bond motifs is 1. The Labute approximate surface area is 233 Å². The molecule has 39 heavy (non-hydrogen) atoms. The summed E-state index contributed by atoms with van der Waals surface area (Å²) in [6.45, 7) is 3.75. The topological polar surface area (TPSA) is 116 Å². The Bertz CT molecular complexity index is 1900. The second-order valence-electron chi connectivity index (χ2n) is 9.08. The van der Waals surface area contributed by atoms with Gasteiger partial charge < -0.3 is 5.32 Å². The van der Waals surface area contributed by atoms with Crippen LogP contribution in [0.3, 0.4) is 0 Å². The SMILES string of the molecule is CNC(=O)c1cccc(C(C)n2cnc3cc(-c4cnn(S(=O)(=O)c5ccc(C)cc5)c4Br)ccc3c2=O)c1. The third-order valence-electron chi connectivity index (χ3n) is 6.60. The zero-order valence-electron chi connectivity index (χ0n) is 21.3. The standard InChI is InChI=1S/C28H24BrN5O4S/c1-17-7-10-22(11-8-17)39(37,38)34-26(29)24(15-32-34)20-9-12-23-25(14-20)31-16-33(28(23)36)18(2)19-5-4-6-21(13-19)27(35)30-3/h4-16,18H,1-3H3,(H,30,35). The van der Waals surface area contributed by atoms with E-state index >= 15 is 0 Å². The highest BCUT2D eigenvalue weighted by Crippen LogP contribution is 2.32. The van der Waals surface area contributed by atoms with Crippen LogP contribution in [0.4, 0.5) is 0 Å².